The first-order chi connectivity index (χ1) is 4.13. The van der Waals surface area contributed by atoms with Gasteiger partial charge in [-0.25, -0.2) is 0 Å². The molecule has 54 valence electrons. The number of ketones is 1. The highest BCUT2D eigenvalue weighted by atomic mass is 16.1. The van der Waals surface area contributed by atoms with Crippen LogP contribution in [0.25, 0.3) is 0 Å². The van der Waals surface area contributed by atoms with Gasteiger partial charge in [0.1, 0.15) is 5.78 Å². The molecule has 3 nitrogen and oxygen atoms in total. The summed E-state index contributed by atoms with van der Waals surface area (Å²) in [5, 5.41) is 2.91. The van der Waals surface area contributed by atoms with Crippen LogP contribution in [0.4, 0.5) is 0 Å². The molecular formula is C6H14N2O. The molecule has 0 aromatic carbocycles. The van der Waals surface area contributed by atoms with E-state index < -0.39 is 0 Å². The van der Waals surface area contributed by atoms with Gasteiger partial charge in [-0.3, -0.25) is 4.79 Å². The minimum absolute atomic E-state index is 0.129. The Hall–Kier alpha value is -0.410. The van der Waals surface area contributed by atoms with Gasteiger partial charge in [-0.2, -0.15) is 0 Å². The molecule has 0 aromatic rings. The second kappa shape index (κ2) is 4.47. The SMILES string of the molecule is CC(=O)CNCC(C)N. The summed E-state index contributed by atoms with van der Waals surface area (Å²) >= 11 is 0. The molecule has 0 spiro atoms. The van der Waals surface area contributed by atoms with E-state index in [1.54, 1.807) is 6.92 Å². The Balaban J connectivity index is 3.01. The Bertz CT molecular complexity index is 91.1. The van der Waals surface area contributed by atoms with Crippen molar-refractivity contribution in [1.82, 2.24) is 5.32 Å². The summed E-state index contributed by atoms with van der Waals surface area (Å²) in [5.74, 6) is 0.149. The van der Waals surface area contributed by atoms with Crippen LogP contribution in [0.2, 0.25) is 0 Å². The van der Waals surface area contributed by atoms with Crippen LogP contribution in [0.5, 0.6) is 0 Å². The lowest BCUT2D eigenvalue weighted by molar-refractivity contribution is -0.116. The van der Waals surface area contributed by atoms with Crippen molar-refractivity contribution < 1.29 is 4.79 Å². The smallest absolute Gasteiger partial charge is 0.143 e. The number of nitrogens with one attached hydrogen (secondary N) is 1. The zero-order chi connectivity index (χ0) is 7.28. The molecule has 0 saturated carbocycles. The van der Waals surface area contributed by atoms with Gasteiger partial charge in [0.15, 0.2) is 0 Å². The predicted molar refractivity (Wildman–Crippen MR) is 37.2 cm³/mol. The monoisotopic (exact) mass is 130 g/mol. The Kier molecular flexibility index (Phi) is 4.26. The van der Waals surface area contributed by atoms with Gasteiger partial charge in [0.25, 0.3) is 0 Å². The third kappa shape index (κ3) is 7.59. The Labute approximate surface area is 55.6 Å². The number of hydrogen-bond donors (Lipinski definition) is 2. The van der Waals surface area contributed by atoms with E-state index in [1.165, 1.54) is 0 Å². The highest BCUT2D eigenvalue weighted by molar-refractivity contribution is 5.77. The maximum Gasteiger partial charge on any atom is 0.143 e. The normalized spacial score (nSPS) is 13.2. The fourth-order valence-corrected chi connectivity index (χ4v) is 0.476. The van der Waals surface area contributed by atoms with E-state index in [0.717, 1.165) is 0 Å². The highest BCUT2D eigenvalue weighted by Crippen LogP contribution is 1.69. The Morgan fingerprint density at radius 2 is 2.33 bits per heavy atom. The van der Waals surface area contributed by atoms with Crippen LogP contribution in [0.1, 0.15) is 13.8 Å². The largest absolute Gasteiger partial charge is 0.327 e. The second-order valence-electron chi connectivity index (χ2n) is 2.31. The van der Waals surface area contributed by atoms with Crippen LogP contribution in [0, 0.1) is 0 Å². The van der Waals surface area contributed by atoms with Crippen molar-refractivity contribution in [1.29, 1.82) is 0 Å². The second-order valence-corrected chi connectivity index (χ2v) is 2.31. The van der Waals surface area contributed by atoms with Crippen molar-refractivity contribution in [3.05, 3.63) is 0 Å². The fraction of sp³-hybridized carbons (Fsp3) is 0.833. The molecule has 0 aliphatic heterocycles. The summed E-state index contributed by atoms with van der Waals surface area (Å²) in [5.41, 5.74) is 5.40. The number of Topliss-reactive ketones (excluding diaryl/α,β-unsaturated/α-hetero) is 1. The molecule has 0 rings (SSSR count). The zero-order valence-corrected chi connectivity index (χ0v) is 5.98. The molecule has 0 aliphatic rings. The van der Waals surface area contributed by atoms with Crippen molar-refractivity contribution in [2.24, 2.45) is 5.73 Å². The average Bonchev–Trinajstić information content (AvgIpc) is 1.63. The lowest BCUT2D eigenvalue weighted by Gasteiger charge is -2.03. The van der Waals surface area contributed by atoms with Gasteiger partial charge in [-0.1, -0.05) is 0 Å². The van der Waals surface area contributed by atoms with E-state index in [4.69, 9.17) is 5.73 Å². The van der Waals surface area contributed by atoms with E-state index in [0.29, 0.717) is 13.1 Å². The van der Waals surface area contributed by atoms with Crippen molar-refractivity contribution in [3.8, 4) is 0 Å². The summed E-state index contributed by atoms with van der Waals surface area (Å²) in [6.45, 7) is 4.59. The summed E-state index contributed by atoms with van der Waals surface area (Å²) in [6, 6.07) is 0.129. The van der Waals surface area contributed by atoms with Gasteiger partial charge in [0.2, 0.25) is 0 Å². The van der Waals surface area contributed by atoms with Crippen molar-refractivity contribution >= 4 is 5.78 Å². The molecule has 0 aliphatic carbocycles. The van der Waals surface area contributed by atoms with Crippen LogP contribution in [-0.2, 0) is 4.79 Å². The quantitative estimate of drug-likeness (QED) is 0.540. The molecule has 1 atom stereocenters. The van der Waals surface area contributed by atoms with E-state index in [-0.39, 0.29) is 11.8 Å². The van der Waals surface area contributed by atoms with E-state index >= 15 is 0 Å². The third-order valence-corrected chi connectivity index (χ3v) is 0.840. The van der Waals surface area contributed by atoms with Crippen LogP contribution < -0.4 is 11.1 Å². The number of carbonyl (C=O) groups is 1. The minimum atomic E-state index is 0.129. The van der Waals surface area contributed by atoms with E-state index in [9.17, 15) is 4.79 Å². The molecule has 9 heavy (non-hydrogen) atoms. The molecule has 3 heteroatoms. The molecule has 0 radical (unpaired) electrons. The maximum atomic E-state index is 10.3. The first kappa shape index (κ1) is 8.59. The summed E-state index contributed by atoms with van der Waals surface area (Å²) in [4.78, 5) is 10.3. The Morgan fingerprint density at radius 3 is 2.67 bits per heavy atom. The molecular weight excluding hydrogens is 116 g/mol. The first-order valence-electron chi connectivity index (χ1n) is 3.08. The number of nitrogens with two attached hydrogens (primary N) is 1. The van der Waals surface area contributed by atoms with Crippen LogP contribution in [-0.4, -0.2) is 24.9 Å². The lowest BCUT2D eigenvalue weighted by atomic mass is 10.3. The minimum Gasteiger partial charge on any atom is -0.327 e. The van der Waals surface area contributed by atoms with Gasteiger partial charge in [0, 0.05) is 12.6 Å². The van der Waals surface area contributed by atoms with E-state index in [1.807, 2.05) is 6.92 Å². The lowest BCUT2D eigenvalue weighted by Crippen LogP contribution is -2.33. The van der Waals surface area contributed by atoms with Crippen molar-refractivity contribution in [2.75, 3.05) is 13.1 Å². The summed E-state index contributed by atoms with van der Waals surface area (Å²) < 4.78 is 0. The number of carbonyl (C=O) groups excluding carboxylic acids is 1. The Morgan fingerprint density at radius 1 is 1.78 bits per heavy atom. The summed E-state index contributed by atoms with van der Waals surface area (Å²) in [7, 11) is 0. The average molecular weight is 130 g/mol. The van der Waals surface area contributed by atoms with Gasteiger partial charge in [0.05, 0.1) is 6.54 Å². The number of rotatable bonds is 4. The van der Waals surface area contributed by atoms with E-state index in [2.05, 4.69) is 5.32 Å². The predicted octanol–water partition coefficient (Wildman–Crippen LogP) is -0.488. The van der Waals surface area contributed by atoms with Gasteiger partial charge in [-0.05, 0) is 13.8 Å². The fourth-order valence-electron chi connectivity index (χ4n) is 0.476. The standard InChI is InChI=1S/C6H14N2O/c1-5(7)3-8-4-6(2)9/h5,8H,3-4,7H2,1-2H3. The van der Waals surface area contributed by atoms with Crippen molar-refractivity contribution in [3.63, 3.8) is 0 Å². The zero-order valence-electron chi connectivity index (χ0n) is 5.98. The molecule has 0 heterocycles. The summed E-state index contributed by atoms with van der Waals surface area (Å²) in [6.07, 6.45) is 0. The molecule has 0 bridgehead atoms. The van der Waals surface area contributed by atoms with Crippen LogP contribution >= 0.6 is 0 Å². The highest BCUT2D eigenvalue weighted by Gasteiger charge is 1.93. The molecule has 3 N–H and O–H groups in total. The number of hydrogen-bond acceptors (Lipinski definition) is 3. The van der Waals surface area contributed by atoms with Gasteiger partial charge < -0.3 is 11.1 Å². The van der Waals surface area contributed by atoms with Crippen LogP contribution in [0.3, 0.4) is 0 Å². The first-order valence-corrected chi connectivity index (χ1v) is 3.08. The molecule has 0 aromatic heterocycles. The van der Waals surface area contributed by atoms with Gasteiger partial charge in [-0.15, -0.1) is 0 Å². The van der Waals surface area contributed by atoms with Gasteiger partial charge >= 0.3 is 0 Å². The molecule has 0 amide bonds. The van der Waals surface area contributed by atoms with Crippen LogP contribution in [0.15, 0.2) is 0 Å². The molecule has 0 fully saturated rings. The molecule has 1 unspecified atom stereocenters. The topological polar surface area (TPSA) is 55.1 Å². The third-order valence-electron chi connectivity index (χ3n) is 0.840. The maximum absolute atomic E-state index is 10.3. The molecule has 0 saturated heterocycles. The van der Waals surface area contributed by atoms with Crippen molar-refractivity contribution in [2.45, 2.75) is 19.9 Å².